The molecule has 2 heterocycles. The molecule has 1 saturated carbocycles. The number of hydrogen-bond acceptors (Lipinski definition) is 3. The van der Waals surface area contributed by atoms with Crippen LogP contribution in [-0.4, -0.2) is 24.8 Å². The Kier molecular flexibility index (Phi) is 3.58. The number of aryl methyl sites for hydroxylation is 1. The molecular weight excluding hydrogens is 370 g/mol. The number of benzene rings is 1. The average molecular weight is 390 g/mol. The van der Waals surface area contributed by atoms with Gasteiger partial charge in [0, 0.05) is 22.9 Å². The fraction of sp³-hybridized carbons (Fsp3) is 0.444. The Balaban J connectivity index is 1.99. The van der Waals surface area contributed by atoms with Gasteiger partial charge in [-0.15, -0.1) is 0 Å². The normalized spacial score (nSPS) is 24.8. The quantitative estimate of drug-likeness (QED) is 0.692. The van der Waals surface area contributed by atoms with Gasteiger partial charge in [-0.05, 0) is 50.8 Å². The number of aromatic nitrogens is 3. The van der Waals surface area contributed by atoms with Crippen LogP contribution >= 0.6 is 15.9 Å². The van der Waals surface area contributed by atoms with Gasteiger partial charge in [-0.1, -0.05) is 15.9 Å². The van der Waals surface area contributed by atoms with Crippen molar-refractivity contribution in [3.05, 3.63) is 39.4 Å². The maximum Gasteiger partial charge on any atom is 0.329 e. The Hall–Kier alpha value is -1.66. The summed E-state index contributed by atoms with van der Waals surface area (Å²) in [5.74, 6) is 0. The van der Waals surface area contributed by atoms with E-state index in [9.17, 15) is 9.90 Å². The summed E-state index contributed by atoms with van der Waals surface area (Å²) in [5.41, 5.74) is 2.05. The molecule has 24 heavy (non-hydrogen) atoms. The van der Waals surface area contributed by atoms with Gasteiger partial charge in [0.05, 0.1) is 28.3 Å². The number of nitrogens with zero attached hydrogens (tertiary/aromatic N) is 3. The van der Waals surface area contributed by atoms with E-state index >= 15 is 0 Å². The third-order valence-corrected chi connectivity index (χ3v) is 5.77. The highest BCUT2D eigenvalue weighted by molar-refractivity contribution is 9.10. The van der Waals surface area contributed by atoms with E-state index in [0.717, 1.165) is 39.3 Å². The van der Waals surface area contributed by atoms with Gasteiger partial charge in [0.1, 0.15) is 0 Å². The molecule has 0 unspecified atom stereocenters. The zero-order valence-corrected chi connectivity index (χ0v) is 15.4. The summed E-state index contributed by atoms with van der Waals surface area (Å²) < 4.78 is 4.56. The third kappa shape index (κ3) is 2.40. The minimum absolute atomic E-state index is 0.00850. The minimum atomic E-state index is -0.614. The molecule has 0 bridgehead atoms. The minimum Gasteiger partial charge on any atom is -0.390 e. The van der Waals surface area contributed by atoms with E-state index in [4.69, 9.17) is 0 Å². The lowest BCUT2D eigenvalue weighted by Gasteiger charge is -2.33. The molecule has 0 amide bonds. The predicted molar refractivity (Wildman–Crippen MR) is 98.3 cm³/mol. The van der Waals surface area contributed by atoms with E-state index < -0.39 is 5.60 Å². The predicted octanol–water partition coefficient (Wildman–Crippen LogP) is 3.52. The fourth-order valence-corrected chi connectivity index (χ4v) is 4.18. The lowest BCUT2D eigenvalue weighted by atomic mass is 9.83. The highest BCUT2D eigenvalue weighted by atomic mass is 79.9. The van der Waals surface area contributed by atoms with Crippen LogP contribution in [0, 0.1) is 0 Å². The van der Waals surface area contributed by atoms with Crippen LogP contribution in [0.25, 0.3) is 21.9 Å². The van der Waals surface area contributed by atoms with E-state index in [1.165, 1.54) is 0 Å². The van der Waals surface area contributed by atoms with Gasteiger partial charge < -0.3 is 5.11 Å². The molecule has 0 saturated heterocycles. The number of aliphatic hydroxyl groups is 1. The van der Waals surface area contributed by atoms with Crippen molar-refractivity contribution < 1.29 is 5.11 Å². The molecule has 1 aliphatic carbocycles. The van der Waals surface area contributed by atoms with E-state index in [0.29, 0.717) is 12.8 Å². The molecule has 1 N–H and O–H groups in total. The smallest absolute Gasteiger partial charge is 0.329 e. The summed E-state index contributed by atoms with van der Waals surface area (Å²) in [6.07, 6.45) is 4.83. The second-order valence-electron chi connectivity index (χ2n) is 7.09. The first-order valence-corrected chi connectivity index (χ1v) is 9.04. The van der Waals surface area contributed by atoms with Gasteiger partial charge in [-0.2, -0.15) is 0 Å². The number of pyridine rings is 1. The zero-order chi connectivity index (χ0) is 17.1. The molecule has 6 heteroatoms. The number of hydrogen-bond donors (Lipinski definition) is 1. The van der Waals surface area contributed by atoms with Crippen LogP contribution in [0.1, 0.15) is 38.6 Å². The van der Waals surface area contributed by atoms with Crippen molar-refractivity contribution in [1.29, 1.82) is 0 Å². The maximum absolute atomic E-state index is 12.9. The largest absolute Gasteiger partial charge is 0.390 e. The first-order valence-electron chi connectivity index (χ1n) is 8.25. The van der Waals surface area contributed by atoms with Crippen LogP contribution in [0.3, 0.4) is 0 Å². The van der Waals surface area contributed by atoms with Gasteiger partial charge in [0.25, 0.3) is 0 Å². The fourth-order valence-electron chi connectivity index (χ4n) is 3.82. The second-order valence-corrected chi connectivity index (χ2v) is 8.01. The monoisotopic (exact) mass is 389 g/mol. The Morgan fingerprint density at radius 1 is 1.33 bits per heavy atom. The Bertz CT molecular complexity index is 993. The molecule has 1 aliphatic rings. The van der Waals surface area contributed by atoms with Gasteiger partial charge >= 0.3 is 5.69 Å². The SMILES string of the molecule is Cn1c(=O)n(C2CCC(C)(O)CC2)c2c3cc(Br)ccc3ncc21. The van der Waals surface area contributed by atoms with Crippen molar-refractivity contribution in [2.24, 2.45) is 7.05 Å². The van der Waals surface area contributed by atoms with E-state index in [2.05, 4.69) is 20.9 Å². The summed E-state index contributed by atoms with van der Waals surface area (Å²) in [4.78, 5) is 17.4. The summed E-state index contributed by atoms with van der Waals surface area (Å²) in [6, 6.07) is 6.07. The van der Waals surface area contributed by atoms with Gasteiger partial charge in [-0.25, -0.2) is 4.79 Å². The number of fused-ring (bicyclic) bond motifs is 3. The lowest BCUT2D eigenvalue weighted by Crippen LogP contribution is -2.34. The standard InChI is InChI=1S/C18H20BrN3O2/c1-18(24)7-5-12(6-8-18)22-16-13-9-11(19)3-4-14(13)20-10-15(16)21(2)17(22)23/h3-4,9-10,12,24H,5-8H2,1-2H3. The molecule has 5 nitrogen and oxygen atoms in total. The molecule has 0 radical (unpaired) electrons. The summed E-state index contributed by atoms with van der Waals surface area (Å²) in [7, 11) is 1.80. The Labute approximate surface area is 148 Å². The first-order chi connectivity index (χ1) is 11.4. The molecule has 126 valence electrons. The molecular formula is C18H20BrN3O2. The van der Waals surface area contributed by atoms with Crippen LogP contribution in [0.5, 0.6) is 0 Å². The van der Waals surface area contributed by atoms with Crippen LogP contribution < -0.4 is 5.69 Å². The number of rotatable bonds is 1. The third-order valence-electron chi connectivity index (χ3n) is 5.27. The molecule has 2 aromatic heterocycles. The Morgan fingerprint density at radius 2 is 2.04 bits per heavy atom. The molecule has 3 aromatic rings. The molecule has 4 rings (SSSR count). The molecule has 1 fully saturated rings. The van der Waals surface area contributed by atoms with Crippen LogP contribution in [0.2, 0.25) is 0 Å². The Morgan fingerprint density at radius 3 is 2.75 bits per heavy atom. The van der Waals surface area contributed by atoms with Crippen LogP contribution in [0.15, 0.2) is 33.7 Å². The number of imidazole rings is 1. The van der Waals surface area contributed by atoms with E-state index in [1.807, 2.05) is 29.7 Å². The van der Waals surface area contributed by atoms with Gasteiger partial charge in [-0.3, -0.25) is 14.1 Å². The average Bonchev–Trinajstić information content (AvgIpc) is 2.80. The second kappa shape index (κ2) is 5.43. The molecule has 1 aromatic carbocycles. The van der Waals surface area contributed by atoms with Crippen molar-refractivity contribution in [3.63, 3.8) is 0 Å². The van der Waals surface area contributed by atoms with Crippen molar-refractivity contribution in [2.45, 2.75) is 44.2 Å². The zero-order valence-electron chi connectivity index (χ0n) is 13.8. The van der Waals surface area contributed by atoms with Gasteiger partial charge in [0.2, 0.25) is 0 Å². The topological polar surface area (TPSA) is 60.0 Å². The van der Waals surface area contributed by atoms with Crippen molar-refractivity contribution in [1.82, 2.24) is 14.1 Å². The van der Waals surface area contributed by atoms with Crippen LogP contribution in [0.4, 0.5) is 0 Å². The van der Waals surface area contributed by atoms with Crippen molar-refractivity contribution in [2.75, 3.05) is 0 Å². The first kappa shape index (κ1) is 15.8. The van der Waals surface area contributed by atoms with Crippen molar-refractivity contribution >= 4 is 37.9 Å². The highest BCUT2D eigenvalue weighted by Gasteiger charge is 2.31. The molecule has 0 aliphatic heterocycles. The van der Waals surface area contributed by atoms with Crippen LogP contribution in [-0.2, 0) is 7.05 Å². The summed E-state index contributed by atoms with van der Waals surface area (Å²) in [5, 5.41) is 11.2. The maximum atomic E-state index is 12.9. The highest BCUT2D eigenvalue weighted by Crippen LogP contribution is 2.36. The summed E-state index contributed by atoms with van der Waals surface area (Å²) in [6.45, 7) is 1.88. The molecule has 0 atom stereocenters. The van der Waals surface area contributed by atoms with Crippen molar-refractivity contribution in [3.8, 4) is 0 Å². The van der Waals surface area contributed by atoms with Gasteiger partial charge in [0.15, 0.2) is 0 Å². The van der Waals surface area contributed by atoms with E-state index in [-0.39, 0.29) is 11.7 Å². The molecule has 0 spiro atoms. The van der Waals surface area contributed by atoms with E-state index in [1.54, 1.807) is 17.8 Å². The summed E-state index contributed by atoms with van der Waals surface area (Å²) >= 11 is 3.52. The number of halogens is 1. The lowest BCUT2D eigenvalue weighted by molar-refractivity contribution is 0.00999.